The fourth-order valence-electron chi connectivity index (χ4n) is 3.85. The molecule has 0 aliphatic heterocycles. The van der Waals surface area contributed by atoms with Crippen molar-refractivity contribution in [3.05, 3.63) is 87.4 Å². The third kappa shape index (κ3) is 7.81. The van der Waals surface area contributed by atoms with Crippen molar-refractivity contribution < 1.29 is 22.7 Å². The standard InChI is InChI=1S/C28H30Cl3N3O5S/c1-4-14-32-28(36)19(2)33(17-20-8-9-22(30)16-26(20)31)27(35)18-34(23-7-5-6-21(29)15-23)40(37,38)25-12-10-24(39-3)11-13-25/h5-13,15-16,19H,4,14,17-18H2,1-3H3,(H,32,36). The van der Waals surface area contributed by atoms with E-state index in [-0.39, 0.29) is 28.1 Å². The normalized spacial score (nSPS) is 11.9. The first-order valence-electron chi connectivity index (χ1n) is 12.4. The molecule has 214 valence electrons. The summed E-state index contributed by atoms with van der Waals surface area (Å²) in [6.07, 6.45) is 0.706. The Morgan fingerprint density at radius 1 is 0.975 bits per heavy atom. The lowest BCUT2D eigenvalue weighted by Crippen LogP contribution is -2.51. The van der Waals surface area contributed by atoms with Gasteiger partial charge < -0.3 is 15.0 Å². The Bertz CT molecular complexity index is 1450. The number of methoxy groups -OCH3 is 1. The molecular formula is C28H30Cl3N3O5S. The van der Waals surface area contributed by atoms with E-state index < -0.39 is 28.5 Å². The SMILES string of the molecule is CCCNC(=O)C(C)N(Cc1ccc(Cl)cc1Cl)C(=O)CN(c1cccc(Cl)c1)S(=O)(=O)c1ccc(OC)cc1. The van der Waals surface area contributed by atoms with Gasteiger partial charge in [0, 0.05) is 28.2 Å². The molecule has 0 radical (unpaired) electrons. The van der Waals surface area contributed by atoms with Crippen molar-refractivity contribution in [3.63, 3.8) is 0 Å². The maximum absolute atomic E-state index is 13.9. The molecule has 3 aromatic carbocycles. The predicted octanol–water partition coefficient (Wildman–Crippen LogP) is 5.79. The molecule has 1 unspecified atom stereocenters. The average molecular weight is 627 g/mol. The topological polar surface area (TPSA) is 96.0 Å². The zero-order valence-corrected chi connectivity index (χ0v) is 25.3. The summed E-state index contributed by atoms with van der Waals surface area (Å²) >= 11 is 18.6. The third-order valence-corrected chi connectivity index (χ3v) is 8.70. The van der Waals surface area contributed by atoms with Crippen molar-refractivity contribution in [1.29, 1.82) is 0 Å². The Morgan fingerprint density at radius 2 is 1.65 bits per heavy atom. The summed E-state index contributed by atoms with van der Waals surface area (Å²) in [6, 6.07) is 15.9. The van der Waals surface area contributed by atoms with Crippen molar-refractivity contribution in [1.82, 2.24) is 10.2 Å². The summed E-state index contributed by atoms with van der Waals surface area (Å²) in [5.74, 6) is -0.530. The van der Waals surface area contributed by atoms with Crippen LogP contribution in [0.5, 0.6) is 5.75 Å². The van der Waals surface area contributed by atoms with Crippen LogP contribution in [0.3, 0.4) is 0 Å². The second-order valence-electron chi connectivity index (χ2n) is 8.89. The smallest absolute Gasteiger partial charge is 0.264 e. The first-order chi connectivity index (χ1) is 19.0. The lowest BCUT2D eigenvalue weighted by atomic mass is 10.1. The van der Waals surface area contributed by atoms with Crippen LogP contribution in [0.25, 0.3) is 0 Å². The number of anilines is 1. The van der Waals surface area contributed by atoms with E-state index >= 15 is 0 Å². The Labute approximate surface area is 249 Å². The van der Waals surface area contributed by atoms with Gasteiger partial charge in [-0.2, -0.15) is 0 Å². The minimum atomic E-state index is -4.24. The van der Waals surface area contributed by atoms with Crippen LogP contribution >= 0.6 is 34.8 Å². The van der Waals surface area contributed by atoms with Gasteiger partial charge >= 0.3 is 0 Å². The van der Waals surface area contributed by atoms with E-state index in [1.165, 1.54) is 54.5 Å². The highest BCUT2D eigenvalue weighted by Crippen LogP contribution is 2.28. The van der Waals surface area contributed by atoms with Gasteiger partial charge in [0.15, 0.2) is 0 Å². The molecule has 8 nitrogen and oxygen atoms in total. The number of rotatable bonds is 12. The highest BCUT2D eigenvalue weighted by Gasteiger charge is 2.33. The monoisotopic (exact) mass is 625 g/mol. The molecule has 3 rings (SSSR count). The molecule has 0 aliphatic carbocycles. The summed E-state index contributed by atoms with van der Waals surface area (Å²) in [6.45, 7) is 3.25. The summed E-state index contributed by atoms with van der Waals surface area (Å²) < 4.78 is 33.8. The fraction of sp³-hybridized carbons (Fsp3) is 0.286. The van der Waals surface area contributed by atoms with Gasteiger partial charge in [0.2, 0.25) is 11.8 Å². The first kappa shape index (κ1) is 31.5. The highest BCUT2D eigenvalue weighted by molar-refractivity contribution is 7.92. The first-order valence-corrected chi connectivity index (χ1v) is 15.0. The number of hydrogen-bond donors (Lipinski definition) is 1. The van der Waals surface area contributed by atoms with Crippen molar-refractivity contribution >= 4 is 62.3 Å². The molecule has 0 aromatic heterocycles. The Morgan fingerprint density at radius 3 is 2.25 bits per heavy atom. The van der Waals surface area contributed by atoms with Crippen LogP contribution in [0.1, 0.15) is 25.8 Å². The number of nitrogens with one attached hydrogen (secondary N) is 1. The summed E-state index contributed by atoms with van der Waals surface area (Å²) in [4.78, 5) is 28.1. The van der Waals surface area contributed by atoms with E-state index in [0.717, 1.165) is 4.31 Å². The molecule has 0 fully saturated rings. The molecule has 0 aliphatic rings. The van der Waals surface area contributed by atoms with Gasteiger partial charge in [-0.05, 0) is 73.5 Å². The molecule has 3 aromatic rings. The highest BCUT2D eigenvalue weighted by atomic mass is 35.5. The van der Waals surface area contributed by atoms with Crippen LogP contribution in [0.4, 0.5) is 5.69 Å². The Hall–Kier alpha value is -2.98. The Balaban J connectivity index is 2.04. The maximum Gasteiger partial charge on any atom is 0.264 e. The Kier molecular flexibility index (Phi) is 11.1. The van der Waals surface area contributed by atoms with E-state index in [1.54, 1.807) is 31.2 Å². The average Bonchev–Trinajstić information content (AvgIpc) is 2.93. The van der Waals surface area contributed by atoms with Gasteiger partial charge in [-0.25, -0.2) is 8.42 Å². The molecule has 0 spiro atoms. The molecule has 2 amide bonds. The molecule has 40 heavy (non-hydrogen) atoms. The van der Waals surface area contributed by atoms with E-state index in [0.29, 0.717) is 34.3 Å². The van der Waals surface area contributed by atoms with Gasteiger partial charge in [0.25, 0.3) is 10.0 Å². The molecule has 1 N–H and O–H groups in total. The number of carbonyl (C=O) groups is 2. The van der Waals surface area contributed by atoms with Gasteiger partial charge in [0.1, 0.15) is 18.3 Å². The van der Waals surface area contributed by atoms with Crippen LogP contribution in [-0.2, 0) is 26.2 Å². The minimum absolute atomic E-state index is 0.0536. The number of halogens is 3. The van der Waals surface area contributed by atoms with E-state index in [2.05, 4.69) is 5.32 Å². The molecule has 0 heterocycles. The number of benzene rings is 3. The van der Waals surface area contributed by atoms with E-state index in [9.17, 15) is 18.0 Å². The van der Waals surface area contributed by atoms with Crippen LogP contribution in [0.2, 0.25) is 15.1 Å². The van der Waals surface area contributed by atoms with Gasteiger partial charge in [0.05, 0.1) is 17.7 Å². The summed E-state index contributed by atoms with van der Waals surface area (Å²) in [7, 11) is -2.77. The fourth-order valence-corrected chi connectivity index (χ4v) is 5.91. The van der Waals surface area contributed by atoms with Crippen molar-refractivity contribution in [2.45, 2.75) is 37.8 Å². The van der Waals surface area contributed by atoms with Crippen molar-refractivity contribution in [2.75, 3.05) is 24.5 Å². The van der Waals surface area contributed by atoms with Gasteiger partial charge in [-0.15, -0.1) is 0 Å². The van der Waals surface area contributed by atoms with E-state index in [1.807, 2.05) is 6.92 Å². The lowest BCUT2D eigenvalue weighted by molar-refractivity contribution is -0.139. The van der Waals surface area contributed by atoms with Crippen molar-refractivity contribution in [3.8, 4) is 5.75 Å². The van der Waals surface area contributed by atoms with Crippen LogP contribution < -0.4 is 14.4 Å². The van der Waals surface area contributed by atoms with Crippen molar-refractivity contribution in [2.24, 2.45) is 0 Å². The molecular weight excluding hydrogens is 597 g/mol. The van der Waals surface area contributed by atoms with Gasteiger partial charge in [-0.3, -0.25) is 13.9 Å². The lowest BCUT2D eigenvalue weighted by Gasteiger charge is -2.32. The predicted molar refractivity (Wildman–Crippen MR) is 159 cm³/mol. The zero-order valence-electron chi connectivity index (χ0n) is 22.2. The minimum Gasteiger partial charge on any atom is -0.497 e. The second-order valence-corrected chi connectivity index (χ2v) is 12.0. The molecule has 0 saturated carbocycles. The maximum atomic E-state index is 13.9. The summed E-state index contributed by atoms with van der Waals surface area (Å²) in [5, 5.41) is 3.80. The number of nitrogens with zero attached hydrogens (tertiary/aromatic N) is 2. The number of sulfonamides is 1. The van der Waals surface area contributed by atoms with Crippen LogP contribution in [-0.4, -0.2) is 51.4 Å². The van der Waals surface area contributed by atoms with Gasteiger partial charge in [-0.1, -0.05) is 53.9 Å². The molecule has 1 atom stereocenters. The third-order valence-electron chi connectivity index (χ3n) is 6.09. The van der Waals surface area contributed by atoms with Crippen LogP contribution in [0, 0.1) is 0 Å². The van der Waals surface area contributed by atoms with Crippen LogP contribution in [0.15, 0.2) is 71.6 Å². The van der Waals surface area contributed by atoms with E-state index in [4.69, 9.17) is 39.5 Å². The molecule has 12 heteroatoms. The number of hydrogen-bond acceptors (Lipinski definition) is 5. The second kappa shape index (κ2) is 14.1. The molecule has 0 saturated heterocycles. The largest absolute Gasteiger partial charge is 0.497 e. The number of amides is 2. The number of ether oxygens (including phenoxy) is 1. The molecule has 0 bridgehead atoms. The number of carbonyl (C=O) groups excluding carboxylic acids is 2. The quantitative estimate of drug-likeness (QED) is 0.274. The zero-order chi connectivity index (χ0) is 29.4. The summed E-state index contributed by atoms with van der Waals surface area (Å²) in [5.41, 5.74) is 0.728.